The van der Waals surface area contributed by atoms with Gasteiger partial charge in [0.25, 0.3) is 0 Å². The van der Waals surface area contributed by atoms with Gasteiger partial charge in [-0.1, -0.05) is 78.9 Å². The lowest BCUT2D eigenvalue weighted by molar-refractivity contribution is -0.123. The first-order chi connectivity index (χ1) is 22.5. The van der Waals surface area contributed by atoms with Crippen molar-refractivity contribution in [2.75, 3.05) is 6.61 Å². The quantitative estimate of drug-likeness (QED) is 0.178. The summed E-state index contributed by atoms with van der Waals surface area (Å²) in [4.78, 5) is 38.1. The summed E-state index contributed by atoms with van der Waals surface area (Å²) in [6.45, 7) is 5.68. The molecule has 3 amide bonds. The van der Waals surface area contributed by atoms with Crippen LogP contribution in [0.4, 0.5) is 18.4 Å². The largest absolute Gasteiger partial charge is 0.449 e. The van der Waals surface area contributed by atoms with Crippen LogP contribution in [0, 0.1) is 11.6 Å². The fourth-order valence-corrected chi connectivity index (χ4v) is 5.47. The lowest BCUT2D eigenvalue weighted by Crippen LogP contribution is -2.49. The Morgan fingerprint density at radius 1 is 0.723 bits per heavy atom. The first-order valence-corrected chi connectivity index (χ1v) is 15.3. The van der Waals surface area contributed by atoms with E-state index in [-0.39, 0.29) is 32.0 Å². The van der Waals surface area contributed by atoms with Crippen molar-refractivity contribution in [3.8, 4) is 11.1 Å². The van der Waals surface area contributed by atoms with E-state index in [2.05, 4.69) is 40.2 Å². The molecule has 0 fully saturated rings. The van der Waals surface area contributed by atoms with E-state index in [1.54, 1.807) is 32.9 Å². The van der Waals surface area contributed by atoms with E-state index in [9.17, 15) is 23.2 Å². The Bertz CT molecular complexity index is 1710. The summed E-state index contributed by atoms with van der Waals surface area (Å²) in [5.74, 6) is -2.61. The van der Waals surface area contributed by atoms with Crippen molar-refractivity contribution in [3.63, 3.8) is 0 Å². The maximum absolute atomic E-state index is 13.8. The minimum absolute atomic E-state index is 0.0292. The van der Waals surface area contributed by atoms with E-state index in [1.807, 2.05) is 36.4 Å². The fraction of sp³-hybridized carbons (Fsp3) is 0.270. The number of carbonyl (C=O) groups excluding carboxylic acids is 3. The molecule has 10 heteroatoms. The van der Waals surface area contributed by atoms with Gasteiger partial charge in [-0.25, -0.2) is 18.4 Å². The molecule has 0 unspecified atom stereocenters. The summed E-state index contributed by atoms with van der Waals surface area (Å²) < 4.78 is 38.1. The van der Waals surface area contributed by atoms with Gasteiger partial charge in [0, 0.05) is 25.4 Å². The summed E-state index contributed by atoms with van der Waals surface area (Å²) in [6.07, 6.45) is -1.41. The number of carbonyl (C=O) groups is 3. The fourth-order valence-electron chi connectivity index (χ4n) is 5.47. The lowest BCUT2D eigenvalue weighted by atomic mass is 9.98. The van der Waals surface area contributed by atoms with E-state index >= 15 is 0 Å². The number of amides is 3. The molecule has 1 aliphatic carbocycles. The number of benzene rings is 4. The normalized spacial score (nSPS) is 12.8. The second kappa shape index (κ2) is 14.5. The monoisotopic (exact) mass is 641 g/mol. The summed E-state index contributed by atoms with van der Waals surface area (Å²) in [7, 11) is 0. The number of alkyl carbamates (subject to hydrolysis) is 2. The zero-order valence-electron chi connectivity index (χ0n) is 26.4. The van der Waals surface area contributed by atoms with Gasteiger partial charge in [0.15, 0.2) is 11.6 Å². The molecule has 0 aliphatic heterocycles. The summed E-state index contributed by atoms with van der Waals surface area (Å²) in [6, 6.07) is 25.7. The minimum Gasteiger partial charge on any atom is -0.449 e. The molecule has 0 saturated carbocycles. The van der Waals surface area contributed by atoms with Crippen LogP contribution >= 0.6 is 0 Å². The topological polar surface area (TPSA) is 106 Å². The first kappa shape index (κ1) is 33.1. The average Bonchev–Trinajstić information content (AvgIpc) is 3.36. The number of hydrogen-bond donors (Lipinski definition) is 3. The molecule has 0 aromatic heterocycles. The van der Waals surface area contributed by atoms with E-state index in [0.717, 1.165) is 45.5 Å². The molecule has 4 aromatic carbocycles. The molecule has 0 heterocycles. The highest BCUT2D eigenvalue weighted by Crippen LogP contribution is 2.44. The van der Waals surface area contributed by atoms with Crippen LogP contribution in [0.2, 0.25) is 0 Å². The number of rotatable bonds is 10. The molecular weight excluding hydrogens is 604 g/mol. The molecule has 0 saturated heterocycles. The van der Waals surface area contributed by atoms with Gasteiger partial charge in [0.05, 0.1) is 0 Å². The Morgan fingerprint density at radius 3 is 1.85 bits per heavy atom. The number of ether oxygens (including phenoxy) is 2. The van der Waals surface area contributed by atoms with Crippen molar-refractivity contribution < 1.29 is 32.6 Å². The van der Waals surface area contributed by atoms with Gasteiger partial charge in [-0.05, 0) is 71.8 Å². The Kier molecular flexibility index (Phi) is 10.2. The van der Waals surface area contributed by atoms with Crippen molar-refractivity contribution >= 4 is 18.1 Å². The Balaban J connectivity index is 1.12. The highest BCUT2D eigenvalue weighted by molar-refractivity contribution is 5.86. The van der Waals surface area contributed by atoms with Crippen molar-refractivity contribution in [2.45, 2.75) is 57.8 Å². The third kappa shape index (κ3) is 8.72. The number of fused-ring (bicyclic) bond motifs is 3. The smallest absolute Gasteiger partial charge is 0.408 e. The standard InChI is InChI=1S/C37H37F2N3O5/c1-37(2,3)47-36(45)42-33(19-25-16-17-31(38)32(39)18-25)34(43)40-20-23-12-14-24(15-13-23)21-41-35(44)46-22-30-28-10-6-4-8-26(28)27-9-5-7-11-29(27)30/h4-18,30,33H,19-22H2,1-3H3,(H,40,43)(H,41,44)(H,42,45)/t33-/m0/s1. The predicted molar refractivity (Wildman–Crippen MR) is 173 cm³/mol. The number of halogens is 2. The third-order valence-electron chi connectivity index (χ3n) is 7.70. The lowest BCUT2D eigenvalue weighted by Gasteiger charge is -2.23. The van der Waals surface area contributed by atoms with Crippen LogP contribution in [0.15, 0.2) is 91.0 Å². The molecule has 47 heavy (non-hydrogen) atoms. The van der Waals surface area contributed by atoms with Crippen molar-refractivity contribution in [1.82, 2.24) is 16.0 Å². The van der Waals surface area contributed by atoms with Gasteiger partial charge < -0.3 is 25.4 Å². The van der Waals surface area contributed by atoms with Gasteiger partial charge in [-0.3, -0.25) is 4.79 Å². The van der Waals surface area contributed by atoms with E-state index < -0.39 is 41.4 Å². The van der Waals surface area contributed by atoms with Crippen LogP contribution in [0.5, 0.6) is 0 Å². The maximum atomic E-state index is 13.8. The Labute approximate surface area is 272 Å². The van der Waals surface area contributed by atoms with Crippen LogP contribution in [0.3, 0.4) is 0 Å². The first-order valence-electron chi connectivity index (χ1n) is 15.3. The minimum atomic E-state index is -1.10. The zero-order valence-corrected chi connectivity index (χ0v) is 26.4. The molecule has 244 valence electrons. The number of nitrogens with one attached hydrogen (secondary N) is 3. The predicted octanol–water partition coefficient (Wildman–Crippen LogP) is 6.76. The zero-order chi connectivity index (χ0) is 33.6. The molecule has 1 atom stereocenters. The van der Waals surface area contributed by atoms with Crippen LogP contribution in [-0.4, -0.2) is 36.3 Å². The molecule has 0 bridgehead atoms. The van der Waals surface area contributed by atoms with Gasteiger partial charge in [-0.2, -0.15) is 0 Å². The van der Waals surface area contributed by atoms with Crippen LogP contribution < -0.4 is 16.0 Å². The van der Waals surface area contributed by atoms with E-state index in [1.165, 1.54) is 6.07 Å². The molecule has 0 spiro atoms. The maximum Gasteiger partial charge on any atom is 0.408 e. The highest BCUT2D eigenvalue weighted by Gasteiger charge is 2.29. The average molecular weight is 642 g/mol. The second-order valence-corrected chi connectivity index (χ2v) is 12.4. The van der Waals surface area contributed by atoms with Gasteiger partial charge in [-0.15, -0.1) is 0 Å². The summed E-state index contributed by atoms with van der Waals surface area (Å²) >= 11 is 0. The molecule has 5 rings (SSSR count). The molecule has 8 nitrogen and oxygen atoms in total. The van der Waals surface area contributed by atoms with Crippen molar-refractivity contribution in [3.05, 3.63) is 130 Å². The van der Waals surface area contributed by atoms with Crippen LogP contribution in [0.1, 0.15) is 54.5 Å². The van der Waals surface area contributed by atoms with Crippen molar-refractivity contribution in [2.24, 2.45) is 0 Å². The van der Waals surface area contributed by atoms with Crippen molar-refractivity contribution in [1.29, 1.82) is 0 Å². The van der Waals surface area contributed by atoms with Gasteiger partial charge in [0.1, 0.15) is 18.2 Å². The number of hydrogen-bond acceptors (Lipinski definition) is 5. The summed E-state index contributed by atoms with van der Waals surface area (Å²) in [5, 5.41) is 8.09. The van der Waals surface area contributed by atoms with E-state index in [0.29, 0.717) is 5.56 Å². The third-order valence-corrected chi connectivity index (χ3v) is 7.70. The van der Waals surface area contributed by atoms with Crippen LogP contribution in [-0.2, 0) is 33.8 Å². The SMILES string of the molecule is CC(C)(C)OC(=O)N[C@@H](Cc1ccc(F)c(F)c1)C(=O)NCc1ccc(CNC(=O)OCC2c3ccccc3-c3ccccc32)cc1. The molecule has 4 aromatic rings. The Hall–Kier alpha value is -5.25. The van der Waals surface area contributed by atoms with Gasteiger partial charge in [0.2, 0.25) is 5.91 Å². The van der Waals surface area contributed by atoms with Crippen LogP contribution in [0.25, 0.3) is 11.1 Å². The molecular formula is C37H37F2N3O5. The second-order valence-electron chi connectivity index (χ2n) is 12.4. The Morgan fingerprint density at radius 2 is 1.28 bits per heavy atom. The van der Waals surface area contributed by atoms with Gasteiger partial charge >= 0.3 is 12.2 Å². The summed E-state index contributed by atoms with van der Waals surface area (Å²) in [5.41, 5.74) is 5.73. The van der Waals surface area contributed by atoms with E-state index in [4.69, 9.17) is 9.47 Å². The molecule has 1 aliphatic rings. The molecule has 3 N–H and O–H groups in total. The highest BCUT2D eigenvalue weighted by atomic mass is 19.2. The molecule has 0 radical (unpaired) electrons.